The smallest absolute Gasteiger partial charge is 0.0991 e. The van der Waals surface area contributed by atoms with Crippen LogP contribution in [0.4, 0.5) is 0 Å². The summed E-state index contributed by atoms with van der Waals surface area (Å²) in [7, 11) is 0. The first-order valence-corrected chi connectivity index (χ1v) is 7.73. The maximum atomic E-state index is 8.96. The van der Waals surface area contributed by atoms with Crippen molar-refractivity contribution in [2.75, 3.05) is 0 Å². The van der Waals surface area contributed by atoms with Crippen molar-refractivity contribution in [2.45, 2.75) is 59.0 Å². The van der Waals surface area contributed by atoms with E-state index in [1.807, 2.05) is 18.2 Å². The number of benzene rings is 1. The second-order valence-corrected chi connectivity index (χ2v) is 7.06. The Morgan fingerprint density at radius 2 is 2.00 bits per heavy atom. The fraction of sp³-hybridized carbons (Fsp3) is 0.611. The molecule has 0 spiro atoms. The van der Waals surface area contributed by atoms with Gasteiger partial charge < -0.3 is 5.32 Å². The van der Waals surface area contributed by atoms with Crippen LogP contribution in [-0.2, 0) is 6.54 Å². The molecule has 0 saturated heterocycles. The van der Waals surface area contributed by atoms with Gasteiger partial charge in [0.15, 0.2) is 0 Å². The molecular weight excluding hydrogens is 244 g/mol. The molecular formula is C18H26N2. The van der Waals surface area contributed by atoms with Crippen LogP contribution in [0.15, 0.2) is 24.3 Å². The molecule has 0 aliphatic heterocycles. The van der Waals surface area contributed by atoms with Gasteiger partial charge in [-0.2, -0.15) is 5.26 Å². The Bertz CT molecular complexity index is 479. The summed E-state index contributed by atoms with van der Waals surface area (Å²) in [5, 5.41) is 12.7. The standard InChI is InChI=1S/C18H26N2/c1-18(2,3)16-9-4-5-10-17(16)20-13-15-8-6-7-14(11-15)12-19/h6-8,11,16-17,20H,4-5,9-10,13H2,1-3H3/t16-,17-/m1/s1. The highest BCUT2D eigenvalue weighted by Gasteiger charge is 2.33. The molecule has 2 heteroatoms. The number of hydrogen-bond acceptors (Lipinski definition) is 2. The molecule has 0 radical (unpaired) electrons. The SMILES string of the molecule is CC(C)(C)[C@@H]1CCCC[C@H]1NCc1cccc(C#N)c1. The fourth-order valence-corrected chi connectivity index (χ4v) is 3.41. The highest BCUT2D eigenvalue weighted by Crippen LogP contribution is 2.38. The van der Waals surface area contributed by atoms with Gasteiger partial charge >= 0.3 is 0 Å². The number of rotatable bonds is 3. The Labute approximate surface area is 123 Å². The van der Waals surface area contributed by atoms with E-state index in [9.17, 15) is 0 Å². The third-order valence-corrected chi connectivity index (χ3v) is 4.50. The second-order valence-electron chi connectivity index (χ2n) is 7.06. The van der Waals surface area contributed by atoms with Crippen LogP contribution in [0, 0.1) is 22.7 Å². The summed E-state index contributed by atoms with van der Waals surface area (Å²) < 4.78 is 0. The molecule has 0 bridgehead atoms. The summed E-state index contributed by atoms with van der Waals surface area (Å²) in [6.07, 6.45) is 5.31. The lowest BCUT2D eigenvalue weighted by atomic mass is 9.69. The maximum absolute atomic E-state index is 8.96. The summed E-state index contributed by atoms with van der Waals surface area (Å²) in [5.41, 5.74) is 2.33. The van der Waals surface area contributed by atoms with Gasteiger partial charge in [0, 0.05) is 12.6 Å². The van der Waals surface area contributed by atoms with E-state index in [4.69, 9.17) is 5.26 Å². The average molecular weight is 270 g/mol. The van der Waals surface area contributed by atoms with E-state index in [2.05, 4.69) is 38.2 Å². The van der Waals surface area contributed by atoms with E-state index >= 15 is 0 Å². The van der Waals surface area contributed by atoms with Crippen molar-refractivity contribution >= 4 is 0 Å². The first-order chi connectivity index (χ1) is 9.50. The second kappa shape index (κ2) is 6.41. The summed E-state index contributed by atoms with van der Waals surface area (Å²) >= 11 is 0. The Morgan fingerprint density at radius 3 is 2.70 bits per heavy atom. The molecule has 1 N–H and O–H groups in total. The van der Waals surface area contributed by atoms with Crippen molar-refractivity contribution in [3.63, 3.8) is 0 Å². The minimum Gasteiger partial charge on any atom is -0.310 e. The first kappa shape index (κ1) is 15.1. The van der Waals surface area contributed by atoms with Gasteiger partial charge in [0.1, 0.15) is 0 Å². The molecule has 1 aliphatic carbocycles. The zero-order chi connectivity index (χ0) is 14.6. The van der Waals surface area contributed by atoms with Crippen LogP contribution < -0.4 is 5.32 Å². The molecule has 108 valence electrons. The minimum absolute atomic E-state index is 0.368. The molecule has 2 atom stereocenters. The number of nitrogens with one attached hydrogen (secondary N) is 1. The largest absolute Gasteiger partial charge is 0.310 e. The van der Waals surface area contributed by atoms with Crippen molar-refractivity contribution in [3.05, 3.63) is 35.4 Å². The van der Waals surface area contributed by atoms with Gasteiger partial charge in [0.05, 0.1) is 11.6 Å². The summed E-state index contributed by atoms with van der Waals surface area (Å²) in [6.45, 7) is 7.93. The first-order valence-electron chi connectivity index (χ1n) is 7.73. The topological polar surface area (TPSA) is 35.8 Å². The van der Waals surface area contributed by atoms with Gasteiger partial charge in [-0.1, -0.05) is 45.7 Å². The van der Waals surface area contributed by atoms with Crippen LogP contribution in [0.5, 0.6) is 0 Å². The van der Waals surface area contributed by atoms with E-state index < -0.39 is 0 Å². The molecule has 2 nitrogen and oxygen atoms in total. The van der Waals surface area contributed by atoms with Crippen LogP contribution in [0.3, 0.4) is 0 Å². The Morgan fingerprint density at radius 1 is 1.25 bits per heavy atom. The van der Waals surface area contributed by atoms with Crippen molar-refractivity contribution in [1.29, 1.82) is 5.26 Å². The summed E-state index contributed by atoms with van der Waals surface area (Å²) in [4.78, 5) is 0. The van der Waals surface area contributed by atoms with Crippen LogP contribution in [0.2, 0.25) is 0 Å². The van der Waals surface area contributed by atoms with Crippen molar-refractivity contribution in [1.82, 2.24) is 5.32 Å². The van der Waals surface area contributed by atoms with E-state index in [-0.39, 0.29) is 0 Å². The van der Waals surface area contributed by atoms with Crippen molar-refractivity contribution in [2.24, 2.45) is 11.3 Å². The minimum atomic E-state index is 0.368. The quantitative estimate of drug-likeness (QED) is 0.891. The zero-order valence-corrected chi connectivity index (χ0v) is 12.9. The van der Waals surface area contributed by atoms with E-state index in [1.165, 1.54) is 31.2 Å². The van der Waals surface area contributed by atoms with E-state index in [0.717, 1.165) is 18.0 Å². The van der Waals surface area contributed by atoms with Crippen molar-refractivity contribution in [3.8, 4) is 6.07 Å². The zero-order valence-electron chi connectivity index (χ0n) is 12.9. The molecule has 20 heavy (non-hydrogen) atoms. The summed E-state index contributed by atoms with van der Waals surface area (Å²) in [5.74, 6) is 0.746. The highest BCUT2D eigenvalue weighted by molar-refractivity contribution is 5.32. The van der Waals surface area contributed by atoms with Gasteiger partial charge in [-0.3, -0.25) is 0 Å². The van der Waals surface area contributed by atoms with E-state index in [1.54, 1.807) is 0 Å². The van der Waals surface area contributed by atoms with Crippen LogP contribution >= 0.6 is 0 Å². The van der Waals surface area contributed by atoms with E-state index in [0.29, 0.717) is 11.5 Å². The Balaban J connectivity index is 1.99. The number of nitriles is 1. The molecule has 0 amide bonds. The molecule has 1 saturated carbocycles. The lowest BCUT2D eigenvalue weighted by Gasteiger charge is -2.41. The Hall–Kier alpha value is -1.33. The average Bonchev–Trinajstić information content (AvgIpc) is 2.44. The Kier molecular flexibility index (Phi) is 4.83. The molecule has 1 aromatic carbocycles. The van der Waals surface area contributed by atoms with Crippen LogP contribution in [0.1, 0.15) is 57.6 Å². The molecule has 1 aliphatic rings. The van der Waals surface area contributed by atoms with Crippen LogP contribution in [0.25, 0.3) is 0 Å². The fourth-order valence-electron chi connectivity index (χ4n) is 3.41. The van der Waals surface area contributed by atoms with Crippen LogP contribution in [-0.4, -0.2) is 6.04 Å². The van der Waals surface area contributed by atoms with Gasteiger partial charge in [-0.25, -0.2) is 0 Å². The van der Waals surface area contributed by atoms with Crippen molar-refractivity contribution < 1.29 is 0 Å². The molecule has 0 heterocycles. The highest BCUT2D eigenvalue weighted by atomic mass is 14.9. The van der Waals surface area contributed by atoms with Gasteiger partial charge in [0.25, 0.3) is 0 Å². The molecule has 1 aromatic rings. The third kappa shape index (κ3) is 3.84. The number of nitrogens with zero attached hydrogens (tertiary/aromatic N) is 1. The van der Waals surface area contributed by atoms with Gasteiger partial charge in [0.2, 0.25) is 0 Å². The maximum Gasteiger partial charge on any atom is 0.0991 e. The number of hydrogen-bond donors (Lipinski definition) is 1. The monoisotopic (exact) mass is 270 g/mol. The molecule has 0 unspecified atom stereocenters. The molecule has 1 fully saturated rings. The lowest BCUT2D eigenvalue weighted by Crippen LogP contribution is -2.43. The molecule has 0 aromatic heterocycles. The normalized spacial score (nSPS) is 23.3. The van der Waals surface area contributed by atoms with Gasteiger partial charge in [-0.15, -0.1) is 0 Å². The van der Waals surface area contributed by atoms with Gasteiger partial charge in [-0.05, 0) is 41.9 Å². The summed E-state index contributed by atoms with van der Waals surface area (Å²) in [6, 6.07) is 10.7. The predicted molar refractivity (Wildman–Crippen MR) is 83.2 cm³/mol. The predicted octanol–water partition coefficient (Wildman–Crippen LogP) is 4.25. The lowest BCUT2D eigenvalue weighted by molar-refractivity contribution is 0.130. The third-order valence-electron chi connectivity index (χ3n) is 4.50. The molecule has 2 rings (SSSR count).